The molecule has 7 heteroatoms. The number of anilines is 2. The van der Waals surface area contributed by atoms with Crippen molar-refractivity contribution in [2.45, 2.75) is 77.8 Å². The molecule has 4 saturated carbocycles. The van der Waals surface area contributed by atoms with Crippen molar-refractivity contribution in [1.82, 2.24) is 19.5 Å². The maximum absolute atomic E-state index is 9.62. The molecule has 4 bridgehead atoms. The van der Waals surface area contributed by atoms with Crippen LogP contribution in [0.5, 0.6) is 0 Å². The second kappa shape index (κ2) is 7.66. The molecule has 4 aliphatic carbocycles. The van der Waals surface area contributed by atoms with Crippen LogP contribution < -0.4 is 10.6 Å². The van der Waals surface area contributed by atoms with Crippen LogP contribution in [0.2, 0.25) is 0 Å². The molecule has 6 rings (SSSR count). The van der Waals surface area contributed by atoms with E-state index in [2.05, 4.69) is 41.0 Å². The van der Waals surface area contributed by atoms with E-state index in [1.54, 1.807) is 0 Å². The molecule has 164 valence electrons. The van der Waals surface area contributed by atoms with Crippen molar-refractivity contribution in [1.29, 1.82) is 0 Å². The lowest BCUT2D eigenvalue weighted by molar-refractivity contribution is -0.0444. The highest BCUT2D eigenvalue weighted by molar-refractivity contribution is 5.84. The van der Waals surface area contributed by atoms with Gasteiger partial charge in [0, 0.05) is 12.6 Å². The van der Waals surface area contributed by atoms with Gasteiger partial charge in [0.05, 0.1) is 19.0 Å². The molecule has 2 aromatic rings. The highest BCUT2D eigenvalue weighted by Crippen LogP contribution is 2.59. The minimum absolute atomic E-state index is 0.0473. The smallest absolute Gasteiger partial charge is 0.227 e. The van der Waals surface area contributed by atoms with E-state index in [0.29, 0.717) is 11.4 Å². The Morgan fingerprint density at radius 3 is 2.37 bits per heavy atom. The predicted molar refractivity (Wildman–Crippen MR) is 120 cm³/mol. The van der Waals surface area contributed by atoms with Gasteiger partial charge in [0.1, 0.15) is 0 Å². The normalized spacial score (nSPS) is 30.9. The first-order chi connectivity index (χ1) is 14.5. The zero-order chi connectivity index (χ0) is 20.9. The van der Waals surface area contributed by atoms with Crippen LogP contribution in [0.3, 0.4) is 0 Å². The number of hydrogen-bond acceptors (Lipinski definition) is 6. The Morgan fingerprint density at radius 1 is 1.13 bits per heavy atom. The van der Waals surface area contributed by atoms with Crippen molar-refractivity contribution in [3.63, 3.8) is 0 Å². The Labute approximate surface area is 179 Å². The van der Waals surface area contributed by atoms with E-state index >= 15 is 0 Å². The molecular weight excluding hydrogens is 376 g/mol. The summed E-state index contributed by atoms with van der Waals surface area (Å²) in [5.74, 6) is 4.21. The Balaban J connectivity index is 1.44. The summed E-state index contributed by atoms with van der Waals surface area (Å²) in [7, 11) is 0. The first kappa shape index (κ1) is 20.0. The summed E-state index contributed by atoms with van der Waals surface area (Å²) < 4.78 is 2.10. The van der Waals surface area contributed by atoms with Crippen LogP contribution in [0.4, 0.5) is 11.8 Å². The molecule has 4 fully saturated rings. The highest BCUT2D eigenvalue weighted by Gasteiger charge is 2.50. The molecule has 1 atom stereocenters. The lowest BCUT2D eigenvalue weighted by atomic mass is 9.49. The van der Waals surface area contributed by atoms with E-state index in [1.165, 1.54) is 38.5 Å². The van der Waals surface area contributed by atoms with E-state index in [1.807, 2.05) is 6.33 Å². The Morgan fingerprint density at radius 2 is 1.80 bits per heavy atom. The van der Waals surface area contributed by atoms with Crippen LogP contribution in [0.15, 0.2) is 6.33 Å². The number of nitrogens with zero attached hydrogens (tertiary/aromatic N) is 4. The number of rotatable bonds is 8. The van der Waals surface area contributed by atoms with E-state index in [9.17, 15) is 5.11 Å². The van der Waals surface area contributed by atoms with Crippen LogP contribution in [-0.4, -0.2) is 43.8 Å². The zero-order valence-electron chi connectivity index (χ0n) is 18.6. The molecule has 0 aliphatic heterocycles. The van der Waals surface area contributed by atoms with Crippen molar-refractivity contribution >= 4 is 22.9 Å². The van der Waals surface area contributed by atoms with Crippen molar-refractivity contribution in [2.75, 3.05) is 23.8 Å². The van der Waals surface area contributed by atoms with E-state index in [-0.39, 0.29) is 18.7 Å². The van der Waals surface area contributed by atoms with Crippen molar-refractivity contribution < 1.29 is 5.11 Å². The van der Waals surface area contributed by atoms with Gasteiger partial charge in [-0.25, -0.2) is 4.98 Å². The first-order valence-corrected chi connectivity index (χ1v) is 11.8. The molecule has 0 saturated heterocycles. The first-order valence-electron chi connectivity index (χ1n) is 11.8. The maximum Gasteiger partial charge on any atom is 0.227 e. The maximum atomic E-state index is 9.62. The molecular formula is C23H36N6O. The molecule has 4 aliphatic rings. The molecule has 0 unspecified atom stereocenters. The molecule has 0 spiro atoms. The van der Waals surface area contributed by atoms with E-state index in [0.717, 1.165) is 47.7 Å². The lowest BCUT2D eigenvalue weighted by Gasteiger charge is -2.57. The van der Waals surface area contributed by atoms with Crippen molar-refractivity contribution in [3.05, 3.63) is 6.33 Å². The van der Waals surface area contributed by atoms with Crippen LogP contribution in [0.1, 0.15) is 71.8 Å². The Kier molecular flexibility index (Phi) is 5.12. The van der Waals surface area contributed by atoms with Crippen molar-refractivity contribution in [3.8, 4) is 0 Å². The van der Waals surface area contributed by atoms with Gasteiger partial charge in [0.15, 0.2) is 17.0 Å². The topological polar surface area (TPSA) is 87.9 Å². The summed E-state index contributed by atoms with van der Waals surface area (Å²) in [6, 6.07) is 0.224. The second-order valence-corrected chi connectivity index (χ2v) is 10.5. The third kappa shape index (κ3) is 3.55. The summed E-state index contributed by atoms with van der Waals surface area (Å²) >= 11 is 0. The van der Waals surface area contributed by atoms with Crippen LogP contribution in [0, 0.1) is 23.2 Å². The van der Waals surface area contributed by atoms with Crippen molar-refractivity contribution in [2.24, 2.45) is 23.2 Å². The standard InChI is InChI=1S/C23H36N6O/c1-4-18(11-30)26-22-27-20(19-21(28-22)29(13-25-19)14(2)3)24-12-23-8-15-5-16(9-23)7-17(6-15)10-23/h13-18,30H,4-12H2,1-3H3,(H2,24,26,27,28)/t15?,16?,17?,18-,23?/m1/s1. The summed E-state index contributed by atoms with van der Waals surface area (Å²) in [5, 5.41) is 16.6. The number of imidazole rings is 1. The molecule has 0 amide bonds. The average Bonchev–Trinajstić information content (AvgIpc) is 3.13. The number of aromatic nitrogens is 4. The fourth-order valence-corrected chi connectivity index (χ4v) is 6.72. The predicted octanol–water partition coefficient (Wildman–Crippen LogP) is 4.22. The number of nitrogens with one attached hydrogen (secondary N) is 2. The highest BCUT2D eigenvalue weighted by atomic mass is 16.3. The lowest BCUT2D eigenvalue weighted by Crippen LogP contribution is -2.49. The Hall–Kier alpha value is -1.89. The molecule has 30 heavy (non-hydrogen) atoms. The van der Waals surface area contributed by atoms with Crippen LogP contribution >= 0.6 is 0 Å². The second-order valence-electron chi connectivity index (χ2n) is 10.5. The minimum Gasteiger partial charge on any atom is -0.394 e. The number of fused-ring (bicyclic) bond motifs is 1. The summed E-state index contributed by atoms with van der Waals surface area (Å²) in [4.78, 5) is 14.2. The molecule has 2 heterocycles. The van der Waals surface area contributed by atoms with Gasteiger partial charge in [-0.05, 0) is 82.0 Å². The SMILES string of the molecule is CC[C@H](CO)Nc1nc(NCC23CC4CC(CC(C4)C2)C3)c2ncn(C(C)C)c2n1. The number of hydrogen-bond donors (Lipinski definition) is 3. The van der Waals surface area contributed by atoms with Gasteiger partial charge in [-0.3, -0.25) is 0 Å². The molecule has 3 N–H and O–H groups in total. The van der Waals surface area contributed by atoms with E-state index in [4.69, 9.17) is 9.97 Å². The number of aliphatic hydroxyl groups is 1. The van der Waals surface area contributed by atoms with Crippen LogP contribution in [0.25, 0.3) is 11.2 Å². The monoisotopic (exact) mass is 412 g/mol. The van der Waals surface area contributed by atoms with Gasteiger partial charge in [-0.1, -0.05) is 6.92 Å². The Bertz CT molecular complexity index is 867. The third-order valence-corrected chi connectivity index (χ3v) is 7.82. The van der Waals surface area contributed by atoms with Gasteiger partial charge in [0.25, 0.3) is 0 Å². The number of aliphatic hydroxyl groups excluding tert-OH is 1. The minimum atomic E-state index is -0.0473. The summed E-state index contributed by atoms with van der Waals surface area (Å²) in [5.41, 5.74) is 2.12. The molecule has 0 radical (unpaired) electrons. The summed E-state index contributed by atoms with van der Waals surface area (Å²) in [6.07, 6.45) is 11.2. The van der Waals surface area contributed by atoms with Gasteiger partial charge in [-0.2, -0.15) is 9.97 Å². The van der Waals surface area contributed by atoms with Gasteiger partial charge in [0.2, 0.25) is 5.95 Å². The molecule has 2 aromatic heterocycles. The van der Waals surface area contributed by atoms with Gasteiger partial charge >= 0.3 is 0 Å². The van der Waals surface area contributed by atoms with Gasteiger partial charge < -0.3 is 20.3 Å². The van der Waals surface area contributed by atoms with Gasteiger partial charge in [-0.15, -0.1) is 0 Å². The average molecular weight is 413 g/mol. The summed E-state index contributed by atoms with van der Waals surface area (Å²) in [6.45, 7) is 7.38. The third-order valence-electron chi connectivity index (χ3n) is 7.82. The van der Waals surface area contributed by atoms with Crippen LogP contribution in [-0.2, 0) is 0 Å². The molecule has 7 nitrogen and oxygen atoms in total. The quantitative estimate of drug-likeness (QED) is 0.602. The molecule has 0 aromatic carbocycles. The largest absolute Gasteiger partial charge is 0.394 e. The zero-order valence-corrected chi connectivity index (χ0v) is 18.6. The fraction of sp³-hybridized carbons (Fsp3) is 0.783. The fourth-order valence-electron chi connectivity index (χ4n) is 6.72. The van der Waals surface area contributed by atoms with E-state index < -0.39 is 0 Å².